The number of hydrogen-bond acceptors (Lipinski definition) is 8. The highest BCUT2D eigenvalue weighted by atomic mass is 35.5. The lowest BCUT2D eigenvalue weighted by Crippen LogP contribution is -2.26. The molecular weight excluding hydrogens is 504 g/mol. The van der Waals surface area contributed by atoms with Gasteiger partial charge in [0.1, 0.15) is 29.1 Å². The van der Waals surface area contributed by atoms with Gasteiger partial charge in [-0.2, -0.15) is 28.4 Å². The molecule has 184 valence electrons. The van der Waals surface area contributed by atoms with Crippen LogP contribution in [0.5, 0.6) is 0 Å². The zero-order chi connectivity index (χ0) is 26.2. The lowest BCUT2D eigenvalue weighted by Gasteiger charge is -2.17. The van der Waals surface area contributed by atoms with E-state index in [-0.39, 0.29) is 63.6 Å². The highest BCUT2D eigenvalue weighted by Gasteiger charge is 2.32. The zero-order valence-electron chi connectivity index (χ0n) is 18.1. The fourth-order valence-electron chi connectivity index (χ4n) is 3.56. The highest BCUT2D eigenvalue weighted by molar-refractivity contribution is 6.35. The lowest BCUT2D eigenvalue weighted by atomic mass is 10.1. The third-order valence-corrected chi connectivity index (χ3v) is 5.41. The molecule has 4 rings (SSSR count). The summed E-state index contributed by atoms with van der Waals surface area (Å²) < 4.78 is 55.1. The van der Waals surface area contributed by atoms with Gasteiger partial charge in [0.2, 0.25) is 5.95 Å². The van der Waals surface area contributed by atoms with Gasteiger partial charge in [-0.25, -0.2) is 9.37 Å². The molecule has 9 nitrogen and oxygen atoms in total. The molecule has 0 radical (unpaired) electrons. The van der Waals surface area contributed by atoms with Gasteiger partial charge >= 0.3 is 6.18 Å². The van der Waals surface area contributed by atoms with Crippen LogP contribution in [0.25, 0.3) is 16.6 Å². The van der Waals surface area contributed by atoms with E-state index >= 15 is 0 Å². The van der Waals surface area contributed by atoms with Crippen LogP contribution in [0.2, 0.25) is 5.02 Å². The average molecular weight is 519 g/mol. The maximum absolute atomic E-state index is 14.2. The lowest BCUT2D eigenvalue weighted by molar-refractivity contribution is -0.137. The Hall–Kier alpha value is -4.44. The Balaban J connectivity index is 1.83. The molecule has 36 heavy (non-hydrogen) atoms. The van der Waals surface area contributed by atoms with Crippen molar-refractivity contribution in [1.29, 1.82) is 5.26 Å². The SMILES string of the molecule is N#Cc1c(N)nc(N)nc1NCCc1nc2cccc(Cl)c2c(=O)n1-c1cc(F)cc(C(F)(F)F)c1. The molecule has 14 heteroatoms. The van der Waals surface area contributed by atoms with Crippen molar-refractivity contribution in [2.75, 3.05) is 23.3 Å². The number of benzene rings is 2. The van der Waals surface area contributed by atoms with Gasteiger partial charge in [-0.3, -0.25) is 9.36 Å². The first-order valence-electron chi connectivity index (χ1n) is 10.1. The highest BCUT2D eigenvalue weighted by Crippen LogP contribution is 2.31. The predicted molar refractivity (Wildman–Crippen MR) is 125 cm³/mol. The quantitative estimate of drug-likeness (QED) is 0.339. The third kappa shape index (κ3) is 4.71. The molecule has 5 N–H and O–H groups in total. The molecule has 0 aliphatic heterocycles. The molecule has 0 spiro atoms. The number of halogens is 5. The van der Waals surface area contributed by atoms with E-state index in [2.05, 4.69) is 20.3 Å². The van der Waals surface area contributed by atoms with Crippen molar-refractivity contribution in [2.24, 2.45) is 0 Å². The molecule has 2 aromatic carbocycles. The van der Waals surface area contributed by atoms with Crippen molar-refractivity contribution in [3.05, 3.63) is 74.5 Å². The van der Waals surface area contributed by atoms with Gasteiger partial charge in [-0.15, -0.1) is 0 Å². The molecule has 0 saturated heterocycles. The van der Waals surface area contributed by atoms with Crippen LogP contribution in [0.15, 0.2) is 41.2 Å². The Morgan fingerprint density at radius 1 is 1.14 bits per heavy atom. The van der Waals surface area contributed by atoms with E-state index in [9.17, 15) is 27.6 Å². The van der Waals surface area contributed by atoms with Crippen molar-refractivity contribution in [3.63, 3.8) is 0 Å². The van der Waals surface area contributed by atoms with E-state index in [4.69, 9.17) is 23.1 Å². The Kier molecular flexibility index (Phi) is 6.38. The number of nitriles is 1. The van der Waals surface area contributed by atoms with Crippen LogP contribution in [-0.4, -0.2) is 26.1 Å². The number of nitrogens with zero attached hydrogens (tertiary/aromatic N) is 5. The minimum Gasteiger partial charge on any atom is -0.382 e. The third-order valence-electron chi connectivity index (χ3n) is 5.09. The Morgan fingerprint density at radius 3 is 2.58 bits per heavy atom. The van der Waals surface area contributed by atoms with Crippen molar-refractivity contribution >= 4 is 40.1 Å². The number of nitrogens with one attached hydrogen (secondary N) is 1. The van der Waals surface area contributed by atoms with Crippen LogP contribution in [0.3, 0.4) is 0 Å². The monoisotopic (exact) mass is 518 g/mol. The van der Waals surface area contributed by atoms with Crippen LogP contribution < -0.4 is 22.3 Å². The predicted octanol–water partition coefficient (Wildman–Crippen LogP) is 3.68. The normalized spacial score (nSPS) is 11.4. The average Bonchev–Trinajstić information content (AvgIpc) is 2.78. The van der Waals surface area contributed by atoms with Crippen molar-refractivity contribution in [3.8, 4) is 11.8 Å². The fourth-order valence-corrected chi connectivity index (χ4v) is 3.81. The minimum absolute atomic E-state index is 0.00509. The summed E-state index contributed by atoms with van der Waals surface area (Å²) in [5.41, 5.74) is 8.94. The number of hydrogen-bond donors (Lipinski definition) is 3. The zero-order valence-corrected chi connectivity index (χ0v) is 18.8. The van der Waals surface area contributed by atoms with E-state index < -0.39 is 23.1 Å². The first-order chi connectivity index (χ1) is 17.0. The number of rotatable bonds is 5. The van der Waals surface area contributed by atoms with Gasteiger partial charge in [0, 0.05) is 13.0 Å². The van der Waals surface area contributed by atoms with E-state index in [0.29, 0.717) is 12.1 Å². The second-order valence-electron chi connectivity index (χ2n) is 7.48. The van der Waals surface area contributed by atoms with Crippen molar-refractivity contribution in [1.82, 2.24) is 19.5 Å². The van der Waals surface area contributed by atoms with Gasteiger partial charge < -0.3 is 16.8 Å². The summed E-state index contributed by atoms with van der Waals surface area (Å²) in [5, 5.41) is 12.1. The number of fused-ring (bicyclic) bond motifs is 1. The van der Waals surface area contributed by atoms with Gasteiger partial charge in [0.25, 0.3) is 5.56 Å². The van der Waals surface area contributed by atoms with E-state index in [1.165, 1.54) is 12.1 Å². The van der Waals surface area contributed by atoms with Gasteiger partial charge in [-0.05, 0) is 30.3 Å². The number of alkyl halides is 3. The maximum atomic E-state index is 14.2. The molecule has 0 atom stereocenters. The second kappa shape index (κ2) is 9.31. The number of aromatic nitrogens is 4. The molecule has 4 aromatic rings. The molecule has 0 bridgehead atoms. The fraction of sp³-hybridized carbons (Fsp3) is 0.136. The first-order valence-corrected chi connectivity index (χ1v) is 10.5. The van der Waals surface area contributed by atoms with Gasteiger partial charge in [0.15, 0.2) is 5.82 Å². The molecule has 2 aromatic heterocycles. The second-order valence-corrected chi connectivity index (χ2v) is 7.88. The Bertz CT molecular complexity index is 1600. The standard InChI is InChI=1S/C22H15ClF4N8O/c23-14-2-1-3-15-17(14)20(36)35(12-7-10(22(25,26)27)6-11(24)8-12)16(32-15)4-5-31-19-13(9-28)18(29)33-21(30)34-19/h1-3,6-8H,4-5H2,(H5,29,30,31,33,34). The molecule has 0 aliphatic rings. The molecule has 0 unspecified atom stereocenters. The van der Waals surface area contributed by atoms with Crippen LogP contribution in [-0.2, 0) is 12.6 Å². The first kappa shape index (κ1) is 24.7. The molecule has 2 heterocycles. The summed E-state index contributed by atoms with van der Waals surface area (Å²) in [6, 6.07) is 8.09. The smallest absolute Gasteiger partial charge is 0.382 e. The summed E-state index contributed by atoms with van der Waals surface area (Å²) >= 11 is 6.17. The molecule has 0 fully saturated rings. The summed E-state index contributed by atoms with van der Waals surface area (Å²) in [6.45, 7) is -0.00940. The Morgan fingerprint density at radius 2 is 1.89 bits per heavy atom. The van der Waals surface area contributed by atoms with E-state index in [1.54, 1.807) is 6.07 Å². The van der Waals surface area contributed by atoms with E-state index in [0.717, 1.165) is 10.6 Å². The summed E-state index contributed by atoms with van der Waals surface area (Å²) in [4.78, 5) is 25.4. The van der Waals surface area contributed by atoms with Crippen molar-refractivity contribution in [2.45, 2.75) is 12.6 Å². The van der Waals surface area contributed by atoms with Crippen molar-refractivity contribution < 1.29 is 17.6 Å². The molecular formula is C22H15ClF4N8O. The maximum Gasteiger partial charge on any atom is 0.416 e. The van der Waals surface area contributed by atoms with Crippen LogP contribution in [0.1, 0.15) is 17.0 Å². The molecule has 0 aliphatic carbocycles. The van der Waals surface area contributed by atoms with Crippen LogP contribution >= 0.6 is 11.6 Å². The largest absolute Gasteiger partial charge is 0.416 e. The number of anilines is 3. The molecule has 0 amide bonds. The van der Waals surface area contributed by atoms with Crippen LogP contribution in [0.4, 0.5) is 35.1 Å². The summed E-state index contributed by atoms with van der Waals surface area (Å²) in [6.07, 6.45) is -4.92. The number of nitrogen functional groups attached to an aromatic ring is 2. The summed E-state index contributed by atoms with van der Waals surface area (Å²) in [5.74, 6) is -1.52. The van der Waals surface area contributed by atoms with Crippen LogP contribution in [0, 0.1) is 17.1 Å². The van der Waals surface area contributed by atoms with E-state index in [1.807, 2.05) is 6.07 Å². The summed E-state index contributed by atoms with van der Waals surface area (Å²) in [7, 11) is 0. The van der Waals surface area contributed by atoms with Gasteiger partial charge in [-0.1, -0.05) is 17.7 Å². The number of nitrogens with two attached hydrogens (primary N) is 2. The Labute approximate surface area is 205 Å². The van der Waals surface area contributed by atoms with Gasteiger partial charge in [0.05, 0.1) is 27.2 Å². The topological polar surface area (TPSA) is 149 Å². The molecule has 0 saturated carbocycles. The minimum atomic E-state index is -4.86.